The minimum Gasteiger partial charge on any atom is -0.322 e. The van der Waals surface area contributed by atoms with Gasteiger partial charge in [-0.25, -0.2) is 0 Å². The summed E-state index contributed by atoms with van der Waals surface area (Å²) < 4.78 is 0. The molecule has 0 spiro atoms. The van der Waals surface area contributed by atoms with Crippen LogP contribution in [0.2, 0.25) is 10.0 Å². The molecule has 4 N–H and O–H groups in total. The molecule has 0 heterocycles. The number of hydrogen-bond acceptors (Lipinski definition) is 2. The van der Waals surface area contributed by atoms with Gasteiger partial charge in [0.2, 0.25) is 0 Å². The third kappa shape index (κ3) is 4.13. The van der Waals surface area contributed by atoms with Gasteiger partial charge in [-0.1, -0.05) is 47.5 Å². The van der Waals surface area contributed by atoms with Gasteiger partial charge in [0.1, 0.15) is 0 Å². The number of halogens is 2. The number of nitrogens with two attached hydrogens (primary N) is 2. The van der Waals surface area contributed by atoms with E-state index in [-0.39, 0.29) is 25.6 Å². The van der Waals surface area contributed by atoms with E-state index in [1.807, 2.05) is 48.5 Å². The maximum Gasteiger partial charge on any atom is 0.0491 e. The van der Waals surface area contributed by atoms with Gasteiger partial charge in [0.25, 0.3) is 0 Å². The predicted molar refractivity (Wildman–Crippen MR) is 87.1 cm³/mol. The van der Waals surface area contributed by atoms with Crippen molar-refractivity contribution in [1.29, 1.82) is 0 Å². The van der Waals surface area contributed by atoms with Crippen LogP contribution in [0.3, 0.4) is 0 Å². The lowest BCUT2D eigenvalue weighted by molar-refractivity contribution is 0.574. The Kier molecular flexibility index (Phi) is 6.17. The third-order valence-electron chi connectivity index (χ3n) is 2.90. The topological polar surface area (TPSA) is 52.0 Å². The first-order chi connectivity index (χ1) is 8.58. The van der Waals surface area contributed by atoms with Crippen LogP contribution in [0.25, 0.3) is 0 Å². The Labute approximate surface area is 130 Å². The molecule has 19 heavy (non-hydrogen) atoms. The van der Waals surface area contributed by atoms with Crippen LogP contribution in [-0.2, 0) is 0 Å². The van der Waals surface area contributed by atoms with Gasteiger partial charge in [-0.05, 0) is 35.4 Å². The zero-order valence-corrected chi connectivity index (χ0v) is 12.7. The number of benzene rings is 2. The highest BCUT2D eigenvalue weighted by Gasteiger charge is 2.17. The van der Waals surface area contributed by atoms with E-state index in [0.717, 1.165) is 11.1 Å². The van der Waals surface area contributed by atoms with E-state index < -0.39 is 0 Å². The highest BCUT2D eigenvalue weighted by Crippen LogP contribution is 2.26. The van der Waals surface area contributed by atoms with Crippen LogP contribution >= 0.6 is 36.7 Å². The van der Waals surface area contributed by atoms with Gasteiger partial charge >= 0.3 is 0 Å². The normalized spacial score (nSPS) is 13.5. The molecule has 2 atom stereocenters. The first-order valence-corrected chi connectivity index (χ1v) is 6.35. The monoisotopic (exact) mass is 314 g/mol. The minimum atomic E-state index is -0.275. The molecule has 0 saturated heterocycles. The van der Waals surface area contributed by atoms with Crippen molar-refractivity contribution in [2.24, 2.45) is 11.5 Å². The van der Waals surface area contributed by atoms with E-state index in [1.54, 1.807) is 0 Å². The molecule has 102 valence electrons. The molecular weight excluding hydrogens is 299 g/mol. The van der Waals surface area contributed by atoms with Gasteiger partial charge < -0.3 is 11.5 Å². The van der Waals surface area contributed by atoms with Crippen LogP contribution in [-0.4, -0.2) is 0 Å². The van der Waals surface area contributed by atoms with Gasteiger partial charge in [-0.3, -0.25) is 0 Å². The zero-order valence-electron chi connectivity index (χ0n) is 10.2. The Balaban J connectivity index is 0.00000180. The predicted octanol–water partition coefficient (Wildman–Crippen LogP) is 3.81. The van der Waals surface area contributed by atoms with E-state index in [0.29, 0.717) is 10.0 Å². The minimum absolute atomic E-state index is 0. The summed E-state index contributed by atoms with van der Waals surface area (Å²) >= 11 is 11.7. The van der Waals surface area contributed by atoms with E-state index in [2.05, 4.69) is 0 Å². The molecule has 0 aromatic heterocycles. The van der Waals surface area contributed by atoms with Crippen molar-refractivity contribution in [1.82, 2.24) is 0 Å². The Morgan fingerprint density at radius 3 is 1.16 bits per heavy atom. The molecule has 0 unspecified atom stereocenters. The summed E-state index contributed by atoms with van der Waals surface area (Å²) in [7, 11) is 0. The fraction of sp³-hybridized carbons (Fsp3) is 0.143. The summed E-state index contributed by atoms with van der Waals surface area (Å²) in [5.41, 5.74) is 14.2. The molecular formula is C14H16Cl2N2S. The first kappa shape index (κ1) is 16.3. The van der Waals surface area contributed by atoms with Crippen molar-refractivity contribution in [2.75, 3.05) is 0 Å². The SMILES string of the molecule is N[C@@H](c1ccc(Cl)cc1)[C@@H](N)c1ccc(Cl)cc1.S. The summed E-state index contributed by atoms with van der Waals surface area (Å²) in [6, 6.07) is 14.3. The van der Waals surface area contributed by atoms with Crippen LogP contribution in [0.15, 0.2) is 48.5 Å². The molecule has 0 aliphatic carbocycles. The molecule has 0 amide bonds. The molecule has 0 aliphatic rings. The van der Waals surface area contributed by atoms with E-state index in [1.165, 1.54) is 0 Å². The smallest absolute Gasteiger partial charge is 0.0491 e. The summed E-state index contributed by atoms with van der Waals surface area (Å²) in [4.78, 5) is 0. The Morgan fingerprint density at radius 1 is 0.632 bits per heavy atom. The standard InChI is InChI=1S/C14H14Cl2N2.H2S/c15-11-5-1-9(2-6-11)13(17)14(18)10-3-7-12(16)8-4-10;/h1-8,13-14H,17-18H2;1H2/t13-,14-;/m0./s1. The van der Waals surface area contributed by atoms with Crippen molar-refractivity contribution in [3.63, 3.8) is 0 Å². The van der Waals surface area contributed by atoms with Crippen molar-refractivity contribution in [3.8, 4) is 0 Å². The van der Waals surface area contributed by atoms with Gasteiger partial charge in [-0.15, -0.1) is 0 Å². The molecule has 0 bridgehead atoms. The molecule has 0 fully saturated rings. The zero-order chi connectivity index (χ0) is 13.1. The van der Waals surface area contributed by atoms with Gasteiger partial charge in [-0.2, -0.15) is 13.5 Å². The second-order valence-electron chi connectivity index (χ2n) is 4.15. The molecule has 5 heteroatoms. The van der Waals surface area contributed by atoms with Gasteiger partial charge in [0, 0.05) is 22.1 Å². The Bertz CT molecular complexity index is 464. The summed E-state index contributed by atoms with van der Waals surface area (Å²) in [5, 5.41) is 1.37. The second kappa shape index (κ2) is 7.17. The third-order valence-corrected chi connectivity index (χ3v) is 3.40. The lowest BCUT2D eigenvalue weighted by Gasteiger charge is -2.20. The average Bonchev–Trinajstić information content (AvgIpc) is 2.39. The van der Waals surface area contributed by atoms with Crippen molar-refractivity contribution in [3.05, 3.63) is 69.7 Å². The van der Waals surface area contributed by atoms with Crippen LogP contribution < -0.4 is 11.5 Å². The molecule has 2 aromatic carbocycles. The van der Waals surface area contributed by atoms with E-state index in [9.17, 15) is 0 Å². The van der Waals surface area contributed by atoms with E-state index in [4.69, 9.17) is 34.7 Å². The number of hydrogen-bond donors (Lipinski definition) is 2. The van der Waals surface area contributed by atoms with Gasteiger partial charge in [0.05, 0.1) is 0 Å². The average molecular weight is 315 g/mol. The van der Waals surface area contributed by atoms with Gasteiger partial charge in [0.15, 0.2) is 0 Å². The van der Waals surface area contributed by atoms with Crippen LogP contribution in [0.1, 0.15) is 23.2 Å². The summed E-state index contributed by atoms with van der Waals surface area (Å²) in [5.74, 6) is 0. The summed E-state index contributed by atoms with van der Waals surface area (Å²) in [6.07, 6.45) is 0. The van der Waals surface area contributed by atoms with Crippen molar-refractivity contribution < 1.29 is 0 Å². The Morgan fingerprint density at radius 2 is 0.895 bits per heavy atom. The van der Waals surface area contributed by atoms with E-state index >= 15 is 0 Å². The molecule has 2 aromatic rings. The molecule has 2 rings (SSSR count). The lowest BCUT2D eigenvalue weighted by atomic mass is 9.95. The summed E-state index contributed by atoms with van der Waals surface area (Å²) in [6.45, 7) is 0. The van der Waals surface area contributed by atoms with Crippen molar-refractivity contribution >= 4 is 36.7 Å². The van der Waals surface area contributed by atoms with Crippen LogP contribution in [0, 0.1) is 0 Å². The maximum absolute atomic E-state index is 6.16. The second-order valence-corrected chi connectivity index (χ2v) is 5.03. The van der Waals surface area contributed by atoms with Crippen molar-refractivity contribution in [2.45, 2.75) is 12.1 Å². The maximum atomic E-state index is 6.16. The Hall–Kier alpha value is -0.710. The van der Waals surface area contributed by atoms with Crippen LogP contribution in [0.5, 0.6) is 0 Å². The lowest BCUT2D eigenvalue weighted by Crippen LogP contribution is -2.26. The number of rotatable bonds is 3. The molecule has 0 radical (unpaired) electrons. The first-order valence-electron chi connectivity index (χ1n) is 5.60. The van der Waals surface area contributed by atoms with Crippen LogP contribution in [0.4, 0.5) is 0 Å². The molecule has 0 aliphatic heterocycles. The fourth-order valence-electron chi connectivity index (χ4n) is 1.78. The highest BCUT2D eigenvalue weighted by atomic mass is 35.5. The molecule has 2 nitrogen and oxygen atoms in total. The fourth-order valence-corrected chi connectivity index (χ4v) is 2.04. The highest BCUT2D eigenvalue weighted by molar-refractivity contribution is 7.59. The molecule has 0 saturated carbocycles. The quantitative estimate of drug-likeness (QED) is 0.905. The largest absolute Gasteiger partial charge is 0.322 e.